The molecule has 1 aliphatic rings. The number of hydrogen-bond acceptors (Lipinski definition) is 2. The molecule has 1 aromatic rings. The number of rotatable bonds is 4. The summed E-state index contributed by atoms with van der Waals surface area (Å²) >= 11 is 0. The van der Waals surface area contributed by atoms with Gasteiger partial charge in [-0.05, 0) is 49.9 Å². The molecule has 17 heavy (non-hydrogen) atoms. The molecule has 2 N–H and O–H groups in total. The van der Waals surface area contributed by atoms with E-state index < -0.39 is 0 Å². The average molecular weight is 232 g/mol. The lowest BCUT2D eigenvalue weighted by Gasteiger charge is -2.34. The third-order valence-corrected chi connectivity index (χ3v) is 3.58. The van der Waals surface area contributed by atoms with Gasteiger partial charge in [0.2, 0.25) is 0 Å². The number of benzene rings is 1. The van der Waals surface area contributed by atoms with Gasteiger partial charge in [-0.1, -0.05) is 12.1 Å². The Morgan fingerprint density at radius 2 is 2.00 bits per heavy atom. The van der Waals surface area contributed by atoms with Crippen LogP contribution in [0, 0.1) is 0 Å². The first-order valence-corrected chi connectivity index (χ1v) is 6.28. The number of carbonyl (C=O) groups is 1. The lowest BCUT2D eigenvalue weighted by atomic mass is 9.91. The van der Waals surface area contributed by atoms with Gasteiger partial charge in [0, 0.05) is 18.7 Å². The summed E-state index contributed by atoms with van der Waals surface area (Å²) in [6, 6.07) is 8.25. The van der Waals surface area contributed by atoms with Crippen molar-refractivity contribution in [2.45, 2.75) is 31.7 Å². The number of amides is 1. The third kappa shape index (κ3) is 2.67. The summed E-state index contributed by atoms with van der Waals surface area (Å²) in [7, 11) is 1.90. The molecule has 0 radical (unpaired) electrons. The summed E-state index contributed by atoms with van der Waals surface area (Å²) in [5.74, 6) is 0.133. The van der Waals surface area contributed by atoms with Crippen molar-refractivity contribution >= 4 is 5.91 Å². The van der Waals surface area contributed by atoms with Gasteiger partial charge in [0.05, 0.1) is 0 Å². The molecule has 3 heteroatoms. The SMILES string of the molecule is CN(C(=O)c1ccc(CCN)cc1)C1CCC1. The zero-order valence-corrected chi connectivity index (χ0v) is 10.4. The van der Waals surface area contributed by atoms with Gasteiger partial charge in [-0.15, -0.1) is 0 Å². The van der Waals surface area contributed by atoms with Crippen molar-refractivity contribution in [1.29, 1.82) is 0 Å². The summed E-state index contributed by atoms with van der Waals surface area (Å²) in [5.41, 5.74) is 7.46. The van der Waals surface area contributed by atoms with Crippen LogP contribution in [0.5, 0.6) is 0 Å². The summed E-state index contributed by atoms with van der Waals surface area (Å²) in [4.78, 5) is 14.0. The van der Waals surface area contributed by atoms with Gasteiger partial charge in [-0.2, -0.15) is 0 Å². The zero-order chi connectivity index (χ0) is 12.3. The molecule has 0 atom stereocenters. The van der Waals surface area contributed by atoms with E-state index in [-0.39, 0.29) is 5.91 Å². The molecule has 0 spiro atoms. The molecule has 3 nitrogen and oxygen atoms in total. The van der Waals surface area contributed by atoms with Gasteiger partial charge in [0.25, 0.3) is 5.91 Å². The number of nitrogens with two attached hydrogens (primary N) is 1. The second-order valence-corrected chi connectivity index (χ2v) is 4.74. The fraction of sp³-hybridized carbons (Fsp3) is 0.500. The highest BCUT2D eigenvalue weighted by atomic mass is 16.2. The maximum atomic E-state index is 12.1. The van der Waals surface area contributed by atoms with Crippen molar-refractivity contribution in [3.63, 3.8) is 0 Å². The quantitative estimate of drug-likeness (QED) is 0.860. The highest BCUT2D eigenvalue weighted by Crippen LogP contribution is 2.24. The topological polar surface area (TPSA) is 46.3 Å². The molecule has 1 amide bonds. The van der Waals surface area contributed by atoms with E-state index >= 15 is 0 Å². The summed E-state index contributed by atoms with van der Waals surface area (Å²) in [5, 5.41) is 0. The van der Waals surface area contributed by atoms with E-state index in [0.717, 1.165) is 24.8 Å². The highest BCUT2D eigenvalue weighted by molar-refractivity contribution is 5.94. The monoisotopic (exact) mass is 232 g/mol. The second-order valence-electron chi connectivity index (χ2n) is 4.74. The standard InChI is InChI=1S/C14H20N2O/c1-16(13-3-2-4-13)14(17)12-7-5-11(6-8-12)9-10-15/h5-8,13H,2-4,9-10,15H2,1H3. The van der Waals surface area contributed by atoms with Crippen molar-refractivity contribution in [3.05, 3.63) is 35.4 Å². The third-order valence-electron chi connectivity index (χ3n) is 3.58. The van der Waals surface area contributed by atoms with E-state index in [1.54, 1.807) is 0 Å². The molecule has 92 valence electrons. The molecule has 2 rings (SSSR count). The van der Waals surface area contributed by atoms with Crippen molar-refractivity contribution in [2.24, 2.45) is 5.73 Å². The van der Waals surface area contributed by atoms with Gasteiger partial charge in [0.15, 0.2) is 0 Å². The van der Waals surface area contributed by atoms with E-state index in [2.05, 4.69) is 0 Å². The Labute approximate surface area is 103 Å². The van der Waals surface area contributed by atoms with E-state index in [1.165, 1.54) is 12.0 Å². The van der Waals surface area contributed by atoms with Gasteiger partial charge in [0.1, 0.15) is 0 Å². The second kappa shape index (κ2) is 5.32. The van der Waals surface area contributed by atoms with Crippen LogP contribution in [0.25, 0.3) is 0 Å². The smallest absolute Gasteiger partial charge is 0.253 e. The van der Waals surface area contributed by atoms with Crippen LogP contribution >= 0.6 is 0 Å². The van der Waals surface area contributed by atoms with Crippen molar-refractivity contribution in [2.75, 3.05) is 13.6 Å². The van der Waals surface area contributed by atoms with Crippen molar-refractivity contribution in [1.82, 2.24) is 4.90 Å². The van der Waals surface area contributed by atoms with Crippen LogP contribution in [0.2, 0.25) is 0 Å². The Kier molecular flexibility index (Phi) is 3.79. The first-order valence-electron chi connectivity index (χ1n) is 6.28. The number of hydrogen-bond donors (Lipinski definition) is 1. The molecular weight excluding hydrogens is 212 g/mol. The minimum absolute atomic E-state index is 0.133. The van der Waals surface area contributed by atoms with Crippen molar-refractivity contribution < 1.29 is 4.79 Å². The van der Waals surface area contributed by atoms with E-state index in [4.69, 9.17) is 5.73 Å². The maximum Gasteiger partial charge on any atom is 0.253 e. The lowest BCUT2D eigenvalue weighted by molar-refractivity contribution is 0.0652. The van der Waals surface area contributed by atoms with Gasteiger partial charge >= 0.3 is 0 Å². The van der Waals surface area contributed by atoms with Crippen LogP contribution in [0.3, 0.4) is 0 Å². The Hall–Kier alpha value is -1.35. The Balaban J connectivity index is 2.03. The average Bonchev–Trinajstić information content (AvgIpc) is 2.27. The predicted octanol–water partition coefficient (Wildman–Crippen LogP) is 1.81. The van der Waals surface area contributed by atoms with Crippen molar-refractivity contribution in [3.8, 4) is 0 Å². The molecule has 0 unspecified atom stereocenters. The Bertz CT molecular complexity index is 382. The Morgan fingerprint density at radius 3 is 2.47 bits per heavy atom. The van der Waals surface area contributed by atoms with Crippen LogP contribution in [-0.2, 0) is 6.42 Å². The largest absolute Gasteiger partial charge is 0.339 e. The molecule has 0 heterocycles. The number of carbonyl (C=O) groups excluding carboxylic acids is 1. The first-order chi connectivity index (χ1) is 8.22. The first kappa shape index (κ1) is 12.1. The van der Waals surface area contributed by atoms with E-state index in [1.807, 2.05) is 36.2 Å². The normalized spacial score (nSPS) is 15.4. The minimum atomic E-state index is 0.133. The number of nitrogens with zero attached hydrogens (tertiary/aromatic N) is 1. The van der Waals surface area contributed by atoms with E-state index in [9.17, 15) is 4.79 Å². The van der Waals surface area contributed by atoms with Crippen LogP contribution in [-0.4, -0.2) is 30.4 Å². The van der Waals surface area contributed by atoms with Crippen LogP contribution in [0.15, 0.2) is 24.3 Å². The summed E-state index contributed by atoms with van der Waals surface area (Å²) in [6.07, 6.45) is 4.41. The van der Waals surface area contributed by atoms with Crippen LogP contribution in [0.1, 0.15) is 35.2 Å². The Morgan fingerprint density at radius 1 is 1.35 bits per heavy atom. The van der Waals surface area contributed by atoms with Crippen LogP contribution in [0.4, 0.5) is 0 Å². The molecule has 0 aromatic heterocycles. The summed E-state index contributed by atoms with van der Waals surface area (Å²) < 4.78 is 0. The minimum Gasteiger partial charge on any atom is -0.339 e. The maximum absolute atomic E-state index is 12.1. The molecule has 0 bridgehead atoms. The zero-order valence-electron chi connectivity index (χ0n) is 10.4. The molecule has 1 saturated carbocycles. The molecule has 1 aliphatic carbocycles. The molecule has 1 fully saturated rings. The van der Waals surface area contributed by atoms with Gasteiger partial charge in [-0.3, -0.25) is 4.79 Å². The molecule has 0 saturated heterocycles. The summed E-state index contributed by atoms with van der Waals surface area (Å²) in [6.45, 7) is 0.648. The molecule has 1 aromatic carbocycles. The fourth-order valence-electron chi connectivity index (χ4n) is 2.12. The lowest BCUT2D eigenvalue weighted by Crippen LogP contribution is -2.41. The van der Waals surface area contributed by atoms with Gasteiger partial charge < -0.3 is 10.6 Å². The molecular formula is C14H20N2O. The molecule has 0 aliphatic heterocycles. The highest BCUT2D eigenvalue weighted by Gasteiger charge is 2.26. The van der Waals surface area contributed by atoms with Gasteiger partial charge in [-0.25, -0.2) is 0 Å². The van der Waals surface area contributed by atoms with Crippen LogP contribution < -0.4 is 5.73 Å². The predicted molar refractivity (Wildman–Crippen MR) is 68.9 cm³/mol. The van der Waals surface area contributed by atoms with E-state index in [0.29, 0.717) is 12.6 Å². The fourth-order valence-corrected chi connectivity index (χ4v) is 2.12.